The van der Waals surface area contributed by atoms with Crippen LogP contribution in [0, 0.1) is 13.8 Å². The third-order valence-electron chi connectivity index (χ3n) is 3.50. The number of nitrogens with one attached hydrogen (secondary N) is 2. The predicted octanol–water partition coefficient (Wildman–Crippen LogP) is 2.24. The molecule has 0 fully saturated rings. The van der Waals surface area contributed by atoms with E-state index in [1.54, 1.807) is 25.4 Å². The molecule has 124 valence electrons. The maximum absolute atomic E-state index is 11.9. The van der Waals surface area contributed by atoms with Crippen LogP contribution in [-0.4, -0.2) is 36.3 Å². The molecule has 0 aliphatic carbocycles. The Morgan fingerprint density at radius 1 is 1.39 bits per heavy atom. The van der Waals surface area contributed by atoms with E-state index in [4.69, 9.17) is 9.26 Å². The SMILES string of the molecule is COCCNC(=O)c1ccc(NC(C)c2c(C)noc2C)nc1. The van der Waals surface area contributed by atoms with Gasteiger partial charge in [-0.05, 0) is 32.9 Å². The molecule has 2 aromatic rings. The van der Waals surface area contributed by atoms with Crippen LogP contribution in [0.4, 0.5) is 5.82 Å². The maximum atomic E-state index is 11.9. The summed E-state index contributed by atoms with van der Waals surface area (Å²) < 4.78 is 10.1. The van der Waals surface area contributed by atoms with Crippen LogP contribution in [0.3, 0.4) is 0 Å². The highest BCUT2D eigenvalue weighted by Gasteiger charge is 2.16. The van der Waals surface area contributed by atoms with Crippen molar-refractivity contribution in [1.29, 1.82) is 0 Å². The first-order valence-corrected chi connectivity index (χ1v) is 7.45. The second kappa shape index (κ2) is 7.73. The number of carbonyl (C=O) groups excluding carboxylic acids is 1. The average Bonchev–Trinajstić information content (AvgIpc) is 2.87. The smallest absolute Gasteiger partial charge is 0.252 e. The van der Waals surface area contributed by atoms with Crippen molar-refractivity contribution >= 4 is 11.7 Å². The van der Waals surface area contributed by atoms with Gasteiger partial charge in [-0.15, -0.1) is 0 Å². The Balaban J connectivity index is 1.98. The Morgan fingerprint density at radius 2 is 2.17 bits per heavy atom. The van der Waals surface area contributed by atoms with Crippen molar-refractivity contribution in [3.8, 4) is 0 Å². The lowest BCUT2D eigenvalue weighted by Crippen LogP contribution is -2.27. The van der Waals surface area contributed by atoms with Crippen molar-refractivity contribution in [2.45, 2.75) is 26.8 Å². The van der Waals surface area contributed by atoms with Gasteiger partial charge in [0, 0.05) is 25.4 Å². The fourth-order valence-corrected chi connectivity index (χ4v) is 2.38. The fraction of sp³-hybridized carbons (Fsp3) is 0.438. The van der Waals surface area contributed by atoms with Gasteiger partial charge in [0.15, 0.2) is 0 Å². The van der Waals surface area contributed by atoms with Crippen LogP contribution in [0.1, 0.15) is 40.3 Å². The minimum atomic E-state index is -0.167. The highest BCUT2D eigenvalue weighted by atomic mass is 16.5. The van der Waals surface area contributed by atoms with Crippen LogP contribution in [0.15, 0.2) is 22.9 Å². The molecule has 23 heavy (non-hydrogen) atoms. The second-order valence-corrected chi connectivity index (χ2v) is 5.28. The summed E-state index contributed by atoms with van der Waals surface area (Å²) in [6, 6.07) is 3.52. The highest BCUT2D eigenvalue weighted by molar-refractivity contribution is 5.94. The van der Waals surface area contributed by atoms with Crippen LogP contribution in [-0.2, 0) is 4.74 Å². The van der Waals surface area contributed by atoms with Gasteiger partial charge in [-0.3, -0.25) is 4.79 Å². The molecule has 0 aromatic carbocycles. The molecule has 0 saturated carbocycles. The monoisotopic (exact) mass is 318 g/mol. The number of aromatic nitrogens is 2. The number of amides is 1. The molecular weight excluding hydrogens is 296 g/mol. The number of hydrogen-bond donors (Lipinski definition) is 2. The third-order valence-corrected chi connectivity index (χ3v) is 3.50. The molecule has 1 amide bonds. The summed E-state index contributed by atoms with van der Waals surface area (Å²) in [6.45, 7) is 6.76. The Morgan fingerprint density at radius 3 is 2.74 bits per heavy atom. The lowest BCUT2D eigenvalue weighted by molar-refractivity contribution is 0.0937. The zero-order chi connectivity index (χ0) is 16.8. The van der Waals surface area contributed by atoms with Crippen molar-refractivity contribution in [1.82, 2.24) is 15.5 Å². The van der Waals surface area contributed by atoms with Gasteiger partial charge in [-0.1, -0.05) is 5.16 Å². The normalized spacial score (nSPS) is 12.0. The van der Waals surface area contributed by atoms with Crippen molar-refractivity contribution in [3.63, 3.8) is 0 Å². The molecule has 0 saturated heterocycles. The molecule has 2 N–H and O–H groups in total. The number of anilines is 1. The Kier molecular flexibility index (Phi) is 5.70. The van der Waals surface area contributed by atoms with Crippen LogP contribution in [0.2, 0.25) is 0 Å². The molecule has 1 unspecified atom stereocenters. The first kappa shape index (κ1) is 17.0. The molecule has 7 heteroatoms. The summed E-state index contributed by atoms with van der Waals surface area (Å²) in [5.41, 5.74) is 2.39. The number of hydrogen-bond acceptors (Lipinski definition) is 6. The average molecular weight is 318 g/mol. The quantitative estimate of drug-likeness (QED) is 0.761. The van der Waals surface area contributed by atoms with E-state index in [9.17, 15) is 4.79 Å². The van der Waals surface area contributed by atoms with E-state index in [-0.39, 0.29) is 11.9 Å². The predicted molar refractivity (Wildman–Crippen MR) is 86.5 cm³/mol. The van der Waals surface area contributed by atoms with Gasteiger partial charge in [0.2, 0.25) is 0 Å². The summed E-state index contributed by atoms with van der Waals surface area (Å²) in [7, 11) is 1.59. The number of rotatable bonds is 7. The van der Waals surface area contributed by atoms with Crippen LogP contribution >= 0.6 is 0 Å². The molecule has 7 nitrogen and oxygen atoms in total. The summed E-state index contributed by atoms with van der Waals surface area (Å²) in [5.74, 6) is 1.31. The molecule has 2 rings (SSSR count). The zero-order valence-electron chi connectivity index (χ0n) is 13.8. The molecule has 0 bridgehead atoms. The van der Waals surface area contributed by atoms with E-state index in [1.807, 2.05) is 20.8 Å². The summed E-state index contributed by atoms with van der Waals surface area (Å²) in [5, 5.41) is 9.99. The van der Waals surface area contributed by atoms with Gasteiger partial charge in [-0.25, -0.2) is 4.98 Å². The molecule has 0 aliphatic rings. The van der Waals surface area contributed by atoms with Crippen molar-refractivity contribution in [3.05, 3.63) is 40.9 Å². The standard InChI is InChI=1S/C16H22N4O3/c1-10(15-11(2)20-23-12(15)3)19-14-6-5-13(9-18-14)16(21)17-7-8-22-4/h5-6,9-10H,7-8H2,1-4H3,(H,17,21)(H,18,19). The summed E-state index contributed by atoms with van der Waals surface area (Å²) in [6.07, 6.45) is 1.55. The number of pyridine rings is 1. The number of nitrogens with zero attached hydrogens (tertiary/aromatic N) is 2. The molecule has 1 atom stereocenters. The molecule has 2 aromatic heterocycles. The minimum absolute atomic E-state index is 0.00938. The summed E-state index contributed by atoms with van der Waals surface area (Å²) >= 11 is 0. The maximum Gasteiger partial charge on any atom is 0.252 e. The molecule has 2 heterocycles. The summed E-state index contributed by atoms with van der Waals surface area (Å²) in [4.78, 5) is 16.2. The van der Waals surface area contributed by atoms with Gasteiger partial charge < -0.3 is 19.9 Å². The van der Waals surface area contributed by atoms with Crippen molar-refractivity contribution < 1.29 is 14.1 Å². The second-order valence-electron chi connectivity index (χ2n) is 5.28. The van der Waals surface area contributed by atoms with Crippen LogP contribution in [0.5, 0.6) is 0 Å². The lowest BCUT2D eigenvalue weighted by Gasteiger charge is -2.14. The fourth-order valence-electron chi connectivity index (χ4n) is 2.38. The Labute approximate surface area is 135 Å². The van der Waals surface area contributed by atoms with Gasteiger partial charge in [0.05, 0.1) is 23.9 Å². The highest BCUT2D eigenvalue weighted by Crippen LogP contribution is 2.24. The first-order chi connectivity index (χ1) is 11.0. The van der Waals surface area contributed by atoms with E-state index in [0.29, 0.717) is 24.5 Å². The number of methoxy groups -OCH3 is 1. The van der Waals surface area contributed by atoms with Crippen molar-refractivity contribution in [2.75, 3.05) is 25.6 Å². The molecule has 0 spiro atoms. The third kappa shape index (κ3) is 4.29. The van der Waals surface area contributed by atoms with E-state index < -0.39 is 0 Å². The van der Waals surface area contributed by atoms with Crippen LogP contribution in [0.25, 0.3) is 0 Å². The van der Waals surface area contributed by atoms with Crippen LogP contribution < -0.4 is 10.6 Å². The molecule has 0 aliphatic heterocycles. The molecule has 0 radical (unpaired) electrons. The Bertz CT molecular complexity index is 632. The number of aryl methyl sites for hydroxylation is 2. The minimum Gasteiger partial charge on any atom is -0.383 e. The lowest BCUT2D eigenvalue weighted by atomic mass is 10.1. The topological polar surface area (TPSA) is 89.3 Å². The van der Waals surface area contributed by atoms with E-state index in [0.717, 1.165) is 17.0 Å². The van der Waals surface area contributed by atoms with E-state index in [2.05, 4.69) is 20.8 Å². The number of carbonyl (C=O) groups is 1. The van der Waals surface area contributed by atoms with Crippen molar-refractivity contribution in [2.24, 2.45) is 0 Å². The number of ether oxygens (including phenoxy) is 1. The van der Waals surface area contributed by atoms with Gasteiger partial charge >= 0.3 is 0 Å². The van der Waals surface area contributed by atoms with Gasteiger partial charge in [0.25, 0.3) is 5.91 Å². The first-order valence-electron chi connectivity index (χ1n) is 7.45. The van der Waals surface area contributed by atoms with Gasteiger partial charge in [0.1, 0.15) is 11.6 Å². The Hall–Kier alpha value is -2.41. The largest absolute Gasteiger partial charge is 0.383 e. The molecular formula is C16H22N4O3. The van der Waals surface area contributed by atoms with Gasteiger partial charge in [-0.2, -0.15) is 0 Å². The van der Waals surface area contributed by atoms with E-state index in [1.165, 1.54) is 0 Å². The zero-order valence-corrected chi connectivity index (χ0v) is 13.8. The van der Waals surface area contributed by atoms with E-state index >= 15 is 0 Å².